The van der Waals surface area contributed by atoms with Crippen LogP contribution >= 0.6 is 0 Å². The highest BCUT2D eigenvalue weighted by molar-refractivity contribution is 6.23. The number of fused-ring (bicyclic) bond motifs is 1. The first-order chi connectivity index (χ1) is 15.3. The molecule has 1 aliphatic rings. The molecule has 1 unspecified atom stereocenters. The van der Waals surface area contributed by atoms with Crippen molar-refractivity contribution in [2.75, 3.05) is 11.4 Å². The highest BCUT2D eigenvalue weighted by Crippen LogP contribution is 2.28. The van der Waals surface area contributed by atoms with Crippen molar-refractivity contribution in [3.8, 4) is 5.75 Å². The van der Waals surface area contributed by atoms with Gasteiger partial charge in [0.15, 0.2) is 0 Å². The molecule has 8 heteroatoms. The largest absolute Gasteiger partial charge is 0.427 e. The van der Waals surface area contributed by atoms with Crippen LogP contribution in [0.1, 0.15) is 25.8 Å². The molecule has 2 heterocycles. The minimum Gasteiger partial charge on any atom is -0.427 e. The Morgan fingerprint density at radius 3 is 2.50 bits per heavy atom. The molecule has 2 aromatic carbocycles. The normalized spacial score (nSPS) is 15.9. The number of hydrogen-bond acceptors (Lipinski definition) is 5. The zero-order valence-corrected chi connectivity index (χ0v) is 17.8. The van der Waals surface area contributed by atoms with Crippen molar-refractivity contribution in [2.24, 2.45) is 0 Å². The third-order valence-corrected chi connectivity index (χ3v) is 5.56. The monoisotopic (exact) mass is 433 g/mol. The first-order valence-electron chi connectivity index (χ1n) is 10.3. The van der Waals surface area contributed by atoms with Gasteiger partial charge in [0.1, 0.15) is 11.8 Å². The second-order valence-electron chi connectivity index (χ2n) is 7.70. The molecule has 0 radical (unpaired) electrons. The summed E-state index contributed by atoms with van der Waals surface area (Å²) < 4.78 is 4.99. The van der Waals surface area contributed by atoms with E-state index in [4.69, 9.17) is 4.74 Å². The molecule has 3 aromatic rings. The summed E-state index contributed by atoms with van der Waals surface area (Å²) in [6.07, 6.45) is 2.39. The predicted octanol–water partition coefficient (Wildman–Crippen LogP) is 2.82. The molecular formula is C24H23N3O5. The topological polar surface area (TPSA) is 99.8 Å². The number of aromatic amines is 1. The molecule has 0 spiro atoms. The number of para-hydroxylation sites is 1. The molecule has 3 amide bonds. The average Bonchev–Trinajstić information content (AvgIpc) is 3.29. The summed E-state index contributed by atoms with van der Waals surface area (Å²) >= 11 is 0. The van der Waals surface area contributed by atoms with Crippen LogP contribution in [0.3, 0.4) is 0 Å². The molecule has 1 N–H and O–H groups in total. The van der Waals surface area contributed by atoms with Crippen LogP contribution in [0, 0.1) is 0 Å². The van der Waals surface area contributed by atoms with E-state index in [2.05, 4.69) is 4.98 Å². The van der Waals surface area contributed by atoms with Gasteiger partial charge in [-0.15, -0.1) is 0 Å². The first kappa shape index (κ1) is 21.3. The maximum atomic E-state index is 13.1. The third kappa shape index (κ3) is 4.12. The quantitative estimate of drug-likeness (QED) is 0.366. The number of nitrogens with zero attached hydrogens (tertiary/aromatic N) is 2. The van der Waals surface area contributed by atoms with Gasteiger partial charge in [0.2, 0.25) is 11.8 Å². The van der Waals surface area contributed by atoms with E-state index in [0.717, 1.165) is 21.4 Å². The van der Waals surface area contributed by atoms with E-state index >= 15 is 0 Å². The number of amides is 3. The number of esters is 1. The Morgan fingerprint density at radius 1 is 1.09 bits per heavy atom. The van der Waals surface area contributed by atoms with Gasteiger partial charge in [0.25, 0.3) is 5.91 Å². The molecule has 1 atom stereocenters. The van der Waals surface area contributed by atoms with Crippen LogP contribution in [0.2, 0.25) is 0 Å². The number of aromatic nitrogens is 1. The van der Waals surface area contributed by atoms with Gasteiger partial charge in [-0.1, -0.05) is 18.2 Å². The summed E-state index contributed by atoms with van der Waals surface area (Å²) in [5.41, 5.74) is 2.42. The molecule has 8 nitrogen and oxygen atoms in total. The highest BCUT2D eigenvalue weighted by Gasteiger charge is 2.43. The van der Waals surface area contributed by atoms with Gasteiger partial charge in [-0.25, -0.2) is 4.90 Å². The fraction of sp³-hybridized carbons (Fsp3) is 0.250. The molecular weight excluding hydrogens is 410 g/mol. The Balaban J connectivity index is 1.51. The second kappa shape index (κ2) is 8.66. The van der Waals surface area contributed by atoms with Crippen molar-refractivity contribution >= 4 is 40.3 Å². The number of hydrogen-bond donors (Lipinski definition) is 1. The zero-order valence-electron chi connectivity index (χ0n) is 17.8. The predicted molar refractivity (Wildman–Crippen MR) is 118 cm³/mol. The summed E-state index contributed by atoms with van der Waals surface area (Å²) in [4.78, 5) is 55.0. The van der Waals surface area contributed by atoms with Gasteiger partial charge >= 0.3 is 5.97 Å². The van der Waals surface area contributed by atoms with E-state index in [1.54, 1.807) is 12.1 Å². The van der Waals surface area contributed by atoms with Gasteiger partial charge < -0.3 is 14.6 Å². The van der Waals surface area contributed by atoms with Crippen molar-refractivity contribution < 1.29 is 23.9 Å². The minimum absolute atomic E-state index is 0.0714. The zero-order chi connectivity index (χ0) is 22.8. The van der Waals surface area contributed by atoms with E-state index in [-0.39, 0.29) is 18.2 Å². The lowest BCUT2D eigenvalue weighted by atomic mass is 10.1. The van der Waals surface area contributed by atoms with E-state index in [0.29, 0.717) is 24.4 Å². The molecule has 0 aliphatic carbocycles. The first-order valence-corrected chi connectivity index (χ1v) is 10.3. The SMILES string of the molecule is CC(=O)Oc1ccc(N2C(=O)CC(N(CCc3c[nH]c4ccccc34)C(C)=O)C2=O)cc1. The molecule has 4 rings (SSSR count). The summed E-state index contributed by atoms with van der Waals surface area (Å²) in [5, 5.41) is 1.07. The number of anilines is 1. The van der Waals surface area contributed by atoms with Crippen molar-refractivity contribution in [1.82, 2.24) is 9.88 Å². The molecule has 1 aromatic heterocycles. The maximum absolute atomic E-state index is 13.1. The van der Waals surface area contributed by atoms with Gasteiger partial charge in [-0.05, 0) is 42.3 Å². The average molecular weight is 433 g/mol. The third-order valence-electron chi connectivity index (χ3n) is 5.56. The van der Waals surface area contributed by atoms with E-state index in [9.17, 15) is 19.2 Å². The van der Waals surface area contributed by atoms with E-state index in [1.165, 1.54) is 30.9 Å². The van der Waals surface area contributed by atoms with Crippen molar-refractivity contribution in [1.29, 1.82) is 0 Å². The van der Waals surface area contributed by atoms with Crippen LogP contribution < -0.4 is 9.64 Å². The van der Waals surface area contributed by atoms with Gasteiger partial charge in [0.05, 0.1) is 12.1 Å². The van der Waals surface area contributed by atoms with Crippen molar-refractivity contribution in [3.05, 3.63) is 60.3 Å². The van der Waals surface area contributed by atoms with E-state index in [1.807, 2.05) is 30.5 Å². The van der Waals surface area contributed by atoms with E-state index < -0.39 is 17.9 Å². The minimum atomic E-state index is -0.849. The Hall–Kier alpha value is -3.94. The lowest BCUT2D eigenvalue weighted by molar-refractivity contribution is -0.136. The molecule has 164 valence electrons. The Labute approximate surface area is 184 Å². The fourth-order valence-electron chi connectivity index (χ4n) is 4.07. The van der Waals surface area contributed by atoms with Crippen LogP contribution in [-0.2, 0) is 25.6 Å². The number of carbonyl (C=O) groups is 4. The highest BCUT2D eigenvalue weighted by atomic mass is 16.5. The summed E-state index contributed by atoms with van der Waals surface area (Å²) in [5.74, 6) is -1.22. The number of nitrogens with one attached hydrogen (secondary N) is 1. The number of H-pyrrole nitrogens is 1. The maximum Gasteiger partial charge on any atom is 0.308 e. The van der Waals surface area contributed by atoms with Crippen molar-refractivity contribution in [3.63, 3.8) is 0 Å². The lowest BCUT2D eigenvalue weighted by Gasteiger charge is -2.26. The second-order valence-corrected chi connectivity index (χ2v) is 7.70. The number of imide groups is 1. The lowest BCUT2D eigenvalue weighted by Crippen LogP contribution is -2.45. The Kier molecular flexibility index (Phi) is 5.77. The number of ether oxygens (including phenoxy) is 1. The van der Waals surface area contributed by atoms with Crippen LogP contribution in [0.5, 0.6) is 5.75 Å². The molecule has 1 fully saturated rings. The summed E-state index contributed by atoms with van der Waals surface area (Å²) in [6, 6.07) is 13.1. The Morgan fingerprint density at radius 2 is 1.81 bits per heavy atom. The summed E-state index contributed by atoms with van der Waals surface area (Å²) in [6.45, 7) is 3.02. The Bertz CT molecular complexity index is 1200. The molecule has 1 saturated heterocycles. The fourth-order valence-corrected chi connectivity index (χ4v) is 4.07. The van der Waals surface area contributed by atoms with Crippen molar-refractivity contribution in [2.45, 2.75) is 32.7 Å². The molecule has 0 saturated carbocycles. The number of benzene rings is 2. The van der Waals surface area contributed by atoms with Crippen LogP contribution in [0.4, 0.5) is 5.69 Å². The van der Waals surface area contributed by atoms with Gasteiger partial charge in [0, 0.05) is 37.5 Å². The molecule has 0 bridgehead atoms. The molecule has 32 heavy (non-hydrogen) atoms. The van der Waals surface area contributed by atoms with Gasteiger partial charge in [-0.2, -0.15) is 0 Å². The summed E-state index contributed by atoms with van der Waals surface area (Å²) in [7, 11) is 0. The standard InChI is InChI=1S/C24H23N3O5/c1-15(28)26(12-11-17-14-25-21-6-4-3-5-20(17)21)22-13-23(30)27(24(22)31)18-7-9-19(10-8-18)32-16(2)29/h3-10,14,22,25H,11-13H2,1-2H3. The van der Waals surface area contributed by atoms with Gasteiger partial charge in [-0.3, -0.25) is 19.2 Å². The van der Waals surface area contributed by atoms with Crippen LogP contribution in [0.15, 0.2) is 54.7 Å². The molecule has 1 aliphatic heterocycles. The smallest absolute Gasteiger partial charge is 0.308 e. The number of carbonyl (C=O) groups excluding carboxylic acids is 4. The number of rotatable bonds is 6. The van der Waals surface area contributed by atoms with Crippen LogP contribution in [-0.4, -0.2) is 46.2 Å². The van der Waals surface area contributed by atoms with Crippen LogP contribution in [0.25, 0.3) is 10.9 Å².